The number of β-amino-alcohol motifs (C(OH)–C–C–N with tert-alkyl or cyclic N) is 1. The van der Waals surface area contributed by atoms with Crippen molar-refractivity contribution in [2.24, 2.45) is 0 Å². The van der Waals surface area contributed by atoms with Gasteiger partial charge in [-0.15, -0.1) is 6.58 Å². The summed E-state index contributed by atoms with van der Waals surface area (Å²) >= 11 is 0. The van der Waals surface area contributed by atoms with Gasteiger partial charge in [0.15, 0.2) is 11.5 Å². The first-order chi connectivity index (χ1) is 17.6. The molecule has 1 aliphatic rings. The molecule has 10 heteroatoms. The zero-order valence-electron chi connectivity index (χ0n) is 20.3. The Labute approximate surface area is 209 Å². The van der Waals surface area contributed by atoms with Crippen molar-refractivity contribution in [3.63, 3.8) is 0 Å². The highest BCUT2D eigenvalue weighted by atomic mass is 16.3. The maximum Gasteiger partial charge on any atom is 0.278 e. The summed E-state index contributed by atoms with van der Waals surface area (Å²) in [6.45, 7) is 10.9. The molecule has 0 radical (unpaired) electrons. The van der Waals surface area contributed by atoms with Crippen LogP contribution in [-0.4, -0.2) is 73.7 Å². The van der Waals surface area contributed by atoms with Crippen LogP contribution in [0.1, 0.15) is 5.56 Å². The number of hydrogen-bond donors (Lipinski definition) is 2. The Morgan fingerprint density at radius 2 is 1.97 bits per heavy atom. The van der Waals surface area contributed by atoms with Crippen LogP contribution in [0, 0.1) is 6.92 Å². The topological polar surface area (TPSA) is 104 Å². The normalized spacial score (nSPS) is 14.3. The molecule has 4 aromatic rings. The van der Waals surface area contributed by atoms with E-state index in [9.17, 15) is 9.90 Å². The Balaban J connectivity index is 1.42. The number of aromatic nitrogens is 5. The predicted octanol–water partition coefficient (Wildman–Crippen LogP) is 2.33. The van der Waals surface area contributed by atoms with Crippen LogP contribution in [0.15, 0.2) is 66.2 Å². The molecule has 4 heterocycles. The summed E-state index contributed by atoms with van der Waals surface area (Å²) in [5, 5.41) is 12.9. The summed E-state index contributed by atoms with van der Waals surface area (Å²) in [5.74, 6) is 0.989. The molecule has 0 bridgehead atoms. The molecule has 1 aromatic carbocycles. The van der Waals surface area contributed by atoms with Crippen LogP contribution in [0.2, 0.25) is 0 Å². The summed E-state index contributed by atoms with van der Waals surface area (Å²) in [6, 6.07) is 11.7. The lowest BCUT2D eigenvalue weighted by atomic mass is 10.1. The number of pyridine rings is 1. The minimum Gasteiger partial charge on any atom is -0.395 e. The highest BCUT2D eigenvalue weighted by Crippen LogP contribution is 2.26. The molecule has 0 unspecified atom stereocenters. The van der Waals surface area contributed by atoms with Crippen molar-refractivity contribution in [3.8, 4) is 5.82 Å². The lowest BCUT2D eigenvalue weighted by Gasteiger charge is -2.36. The number of nitrogens with zero attached hydrogens (tertiary/aromatic N) is 7. The van der Waals surface area contributed by atoms with Crippen LogP contribution in [-0.2, 0) is 6.54 Å². The molecule has 36 heavy (non-hydrogen) atoms. The fourth-order valence-corrected chi connectivity index (χ4v) is 4.66. The van der Waals surface area contributed by atoms with E-state index in [2.05, 4.69) is 55.7 Å². The fraction of sp³-hybridized carbons (Fsp3) is 0.308. The van der Waals surface area contributed by atoms with Gasteiger partial charge in [0.25, 0.3) is 5.56 Å². The molecule has 186 valence electrons. The van der Waals surface area contributed by atoms with E-state index in [-0.39, 0.29) is 12.2 Å². The van der Waals surface area contributed by atoms with Crippen molar-refractivity contribution in [2.75, 3.05) is 49.5 Å². The standard InChI is InChI=1S/C26H30N8O2/c1-3-10-33-25(36)21-18-28-26(30-24(21)34(33)23-6-4-5-9-27-23)29-20-7-8-22(19(2)17-20)32-13-11-31(12-14-32)15-16-35/h3-9,17-18,35H,1,10-16H2,2H3,(H,28,29,30). The molecule has 1 saturated heterocycles. The number of aryl methyl sites for hydroxylation is 1. The monoisotopic (exact) mass is 486 g/mol. The first kappa shape index (κ1) is 23.7. The predicted molar refractivity (Wildman–Crippen MR) is 141 cm³/mol. The Bertz CT molecular complexity index is 1420. The first-order valence-corrected chi connectivity index (χ1v) is 12.1. The molecule has 1 fully saturated rings. The Kier molecular flexibility index (Phi) is 6.79. The van der Waals surface area contributed by atoms with Crippen molar-refractivity contribution in [2.45, 2.75) is 13.5 Å². The largest absolute Gasteiger partial charge is 0.395 e. The molecule has 2 N–H and O–H groups in total. The zero-order valence-corrected chi connectivity index (χ0v) is 20.3. The molecule has 0 aliphatic carbocycles. The lowest BCUT2D eigenvalue weighted by Crippen LogP contribution is -2.47. The van der Waals surface area contributed by atoms with Gasteiger partial charge in [-0.2, -0.15) is 4.98 Å². The highest BCUT2D eigenvalue weighted by Gasteiger charge is 2.19. The van der Waals surface area contributed by atoms with Gasteiger partial charge in [0.05, 0.1) is 13.2 Å². The van der Waals surface area contributed by atoms with E-state index in [0.29, 0.717) is 29.3 Å². The van der Waals surface area contributed by atoms with Crippen molar-refractivity contribution in [1.29, 1.82) is 0 Å². The van der Waals surface area contributed by atoms with Gasteiger partial charge in [-0.1, -0.05) is 12.1 Å². The minimum absolute atomic E-state index is 0.193. The second-order valence-electron chi connectivity index (χ2n) is 8.79. The molecule has 0 spiro atoms. The van der Waals surface area contributed by atoms with Gasteiger partial charge in [-0.3, -0.25) is 9.69 Å². The third-order valence-corrected chi connectivity index (χ3v) is 6.43. The fourth-order valence-electron chi connectivity index (χ4n) is 4.66. The SMILES string of the molecule is C=CCn1c(=O)c2cnc(Nc3ccc(N4CCN(CCO)CC4)c(C)c3)nc2n1-c1ccccn1. The summed E-state index contributed by atoms with van der Waals surface area (Å²) in [6.07, 6.45) is 4.91. The van der Waals surface area contributed by atoms with Crippen LogP contribution in [0.4, 0.5) is 17.3 Å². The van der Waals surface area contributed by atoms with E-state index >= 15 is 0 Å². The second kappa shape index (κ2) is 10.3. The number of nitrogens with one attached hydrogen (secondary N) is 1. The third-order valence-electron chi connectivity index (χ3n) is 6.43. The minimum atomic E-state index is -0.193. The summed E-state index contributed by atoms with van der Waals surface area (Å²) in [7, 11) is 0. The van der Waals surface area contributed by atoms with Gasteiger partial charge in [0.1, 0.15) is 5.39 Å². The van der Waals surface area contributed by atoms with E-state index in [1.54, 1.807) is 27.8 Å². The van der Waals surface area contributed by atoms with Gasteiger partial charge in [0.2, 0.25) is 5.95 Å². The van der Waals surface area contributed by atoms with Crippen molar-refractivity contribution in [3.05, 3.63) is 77.4 Å². The number of anilines is 3. The van der Waals surface area contributed by atoms with Gasteiger partial charge in [-0.25, -0.2) is 19.3 Å². The van der Waals surface area contributed by atoms with Crippen LogP contribution in [0.3, 0.4) is 0 Å². The summed E-state index contributed by atoms with van der Waals surface area (Å²) in [4.78, 5) is 31.2. The number of aliphatic hydroxyl groups excluding tert-OH is 1. The van der Waals surface area contributed by atoms with Crippen molar-refractivity contribution < 1.29 is 5.11 Å². The average Bonchev–Trinajstić information content (AvgIpc) is 3.16. The third kappa shape index (κ3) is 4.60. The van der Waals surface area contributed by atoms with E-state index < -0.39 is 0 Å². The average molecular weight is 487 g/mol. The van der Waals surface area contributed by atoms with Gasteiger partial charge >= 0.3 is 0 Å². The summed E-state index contributed by atoms with van der Waals surface area (Å²) < 4.78 is 3.26. The Morgan fingerprint density at radius 3 is 2.67 bits per heavy atom. The van der Waals surface area contributed by atoms with E-state index in [4.69, 9.17) is 0 Å². The number of benzene rings is 1. The quantitative estimate of drug-likeness (QED) is 0.366. The van der Waals surface area contributed by atoms with Crippen molar-refractivity contribution >= 4 is 28.4 Å². The van der Waals surface area contributed by atoms with Gasteiger partial charge < -0.3 is 15.3 Å². The van der Waals surface area contributed by atoms with Crippen LogP contribution in [0.5, 0.6) is 0 Å². The summed E-state index contributed by atoms with van der Waals surface area (Å²) in [5.41, 5.74) is 3.51. The first-order valence-electron chi connectivity index (χ1n) is 12.1. The molecule has 5 rings (SSSR count). The smallest absolute Gasteiger partial charge is 0.278 e. The molecule has 0 amide bonds. The lowest BCUT2D eigenvalue weighted by molar-refractivity contribution is 0.188. The second-order valence-corrected chi connectivity index (χ2v) is 8.79. The number of aliphatic hydroxyl groups is 1. The molecule has 0 saturated carbocycles. The van der Waals surface area contributed by atoms with E-state index in [1.165, 1.54) is 5.69 Å². The van der Waals surface area contributed by atoms with Crippen molar-refractivity contribution in [1.82, 2.24) is 29.2 Å². The molecular weight excluding hydrogens is 456 g/mol. The Hall–Kier alpha value is -4.02. The molecule has 1 aliphatic heterocycles. The van der Waals surface area contributed by atoms with E-state index in [1.807, 2.05) is 24.3 Å². The highest BCUT2D eigenvalue weighted by molar-refractivity contribution is 5.77. The maximum absolute atomic E-state index is 13.0. The molecule has 3 aromatic heterocycles. The number of allylic oxidation sites excluding steroid dienone is 1. The van der Waals surface area contributed by atoms with Gasteiger partial charge in [0, 0.05) is 56.5 Å². The zero-order chi connectivity index (χ0) is 25.1. The van der Waals surface area contributed by atoms with Crippen LogP contribution in [0.25, 0.3) is 16.9 Å². The maximum atomic E-state index is 13.0. The van der Waals surface area contributed by atoms with Crippen LogP contribution < -0.4 is 15.8 Å². The Morgan fingerprint density at radius 1 is 1.14 bits per heavy atom. The van der Waals surface area contributed by atoms with Gasteiger partial charge in [-0.05, 0) is 42.8 Å². The molecular formula is C26H30N8O2. The van der Waals surface area contributed by atoms with Crippen LogP contribution >= 0.6 is 0 Å². The number of piperazine rings is 1. The molecule has 10 nitrogen and oxygen atoms in total. The number of fused-ring (bicyclic) bond motifs is 1. The van der Waals surface area contributed by atoms with E-state index in [0.717, 1.165) is 44.0 Å². The molecule has 0 atom stereocenters. The number of rotatable bonds is 8. The number of hydrogen-bond acceptors (Lipinski definition) is 8.